The molecule has 1 saturated heterocycles. The van der Waals surface area contributed by atoms with Crippen molar-refractivity contribution in [2.24, 2.45) is 11.7 Å². The Morgan fingerprint density at radius 2 is 1.69 bits per heavy atom. The van der Waals surface area contributed by atoms with Gasteiger partial charge in [0.1, 0.15) is 10.6 Å². The highest BCUT2D eigenvalue weighted by atomic mass is 32.2. The maximum Gasteiger partial charge on any atom is 0.220 e. The number of anilines is 3. The van der Waals surface area contributed by atoms with Gasteiger partial charge in [0.05, 0.1) is 22.5 Å². The molecule has 0 bridgehead atoms. The van der Waals surface area contributed by atoms with Crippen molar-refractivity contribution < 1.29 is 39.9 Å². The lowest BCUT2D eigenvalue weighted by Gasteiger charge is -2.32. The zero-order chi connectivity index (χ0) is 35.1. The number of halogens is 5. The Balaban J connectivity index is 1.51. The molecule has 1 amide bonds. The fraction of sp³-hybridized carbons (Fsp3) is 0.333. The van der Waals surface area contributed by atoms with E-state index in [0.29, 0.717) is 43.6 Å². The first kappa shape index (κ1) is 34.9. The third kappa shape index (κ3) is 6.50. The number of nitrogens with zero attached hydrogens (tertiary/aromatic N) is 4. The van der Waals surface area contributed by atoms with E-state index < -0.39 is 60.0 Å². The predicted molar refractivity (Wildman–Crippen MR) is 166 cm³/mol. The van der Waals surface area contributed by atoms with Crippen molar-refractivity contribution in [3.63, 3.8) is 0 Å². The zero-order valence-electron chi connectivity index (χ0n) is 26.0. The first-order valence-corrected chi connectivity index (χ1v) is 16.7. The third-order valence-corrected chi connectivity index (χ3v) is 11.3. The van der Waals surface area contributed by atoms with Gasteiger partial charge >= 0.3 is 0 Å². The Morgan fingerprint density at radius 1 is 1.04 bits per heavy atom. The molecule has 11 nitrogen and oxygen atoms in total. The van der Waals surface area contributed by atoms with Crippen molar-refractivity contribution in [2.45, 2.75) is 53.3 Å². The molecular formula is C30H30F5N7O4S2. The van der Waals surface area contributed by atoms with Crippen LogP contribution in [-0.4, -0.2) is 54.7 Å². The van der Waals surface area contributed by atoms with Crippen LogP contribution in [0.25, 0.3) is 0 Å². The fourth-order valence-electron chi connectivity index (χ4n) is 5.29. The number of hydrogen-bond acceptors (Lipinski definition) is 10. The second-order valence-electron chi connectivity index (χ2n) is 11.5. The molecule has 0 unspecified atom stereocenters. The molecule has 0 atom stereocenters. The summed E-state index contributed by atoms with van der Waals surface area (Å²) in [7, 11) is -3.41. The minimum Gasteiger partial charge on any atom is -0.490 e. The summed E-state index contributed by atoms with van der Waals surface area (Å²) < 4.78 is 103. The monoisotopic (exact) mass is 711 g/mol. The molecule has 48 heavy (non-hydrogen) atoms. The smallest absolute Gasteiger partial charge is 0.220 e. The highest BCUT2D eigenvalue weighted by Gasteiger charge is 2.44. The minimum atomic E-state index is -4.83. The van der Waals surface area contributed by atoms with Crippen molar-refractivity contribution in [1.29, 1.82) is 0 Å². The van der Waals surface area contributed by atoms with Crippen LogP contribution < -0.4 is 20.7 Å². The molecular weight excluding hydrogens is 681 g/mol. The molecule has 3 heterocycles. The number of H-pyrrole nitrogens is 1. The molecule has 18 heteroatoms. The largest absolute Gasteiger partial charge is 0.490 e. The van der Waals surface area contributed by atoms with Gasteiger partial charge in [0.25, 0.3) is 0 Å². The number of ether oxygens (including phenoxy) is 1. The Labute approximate surface area is 276 Å². The maximum absolute atomic E-state index is 15.6. The Morgan fingerprint density at radius 3 is 2.23 bits per heavy atom. The van der Waals surface area contributed by atoms with Crippen LogP contribution >= 0.6 is 11.8 Å². The van der Waals surface area contributed by atoms with E-state index in [1.165, 1.54) is 7.11 Å². The van der Waals surface area contributed by atoms with Gasteiger partial charge in [-0.3, -0.25) is 9.89 Å². The number of nitrogens with one attached hydrogen (secondary N) is 2. The van der Waals surface area contributed by atoms with E-state index in [1.54, 1.807) is 13.0 Å². The van der Waals surface area contributed by atoms with E-state index in [0.717, 1.165) is 43.4 Å². The van der Waals surface area contributed by atoms with Crippen molar-refractivity contribution >= 4 is 45.0 Å². The van der Waals surface area contributed by atoms with Crippen LogP contribution in [0, 0.1) is 41.9 Å². The number of aryl methyl sites for hydroxylation is 1. The number of carbonyl (C=O) groups excluding carboxylic acids is 1. The first-order chi connectivity index (χ1) is 22.5. The average Bonchev–Trinajstić information content (AvgIpc) is 3.44. The Hall–Kier alpha value is -4.45. The van der Waals surface area contributed by atoms with E-state index in [2.05, 4.69) is 25.5 Å². The molecule has 5 rings (SSSR count). The van der Waals surface area contributed by atoms with E-state index in [-0.39, 0.29) is 33.6 Å². The number of piperidine rings is 1. The van der Waals surface area contributed by atoms with Crippen LogP contribution in [0.2, 0.25) is 0 Å². The highest BCUT2D eigenvalue weighted by molar-refractivity contribution is 7.99. The molecule has 1 aliphatic heterocycles. The summed E-state index contributed by atoms with van der Waals surface area (Å²) >= 11 is 0.743. The van der Waals surface area contributed by atoms with Crippen LogP contribution in [-0.2, 0) is 19.4 Å². The summed E-state index contributed by atoms with van der Waals surface area (Å²) in [5.41, 5.74) is 4.89. The number of aromatic nitrogens is 4. The summed E-state index contributed by atoms with van der Waals surface area (Å²) in [5, 5.41) is 10.0. The number of primary amides is 1. The van der Waals surface area contributed by atoms with E-state index >= 15 is 4.39 Å². The van der Waals surface area contributed by atoms with E-state index in [1.807, 2.05) is 4.90 Å². The van der Waals surface area contributed by atoms with E-state index in [9.17, 15) is 30.8 Å². The maximum atomic E-state index is 15.6. The van der Waals surface area contributed by atoms with Gasteiger partial charge in [-0.25, -0.2) is 40.3 Å². The van der Waals surface area contributed by atoms with Gasteiger partial charge in [0.15, 0.2) is 55.7 Å². The molecule has 4 N–H and O–H groups in total. The van der Waals surface area contributed by atoms with Crippen molar-refractivity contribution in [2.75, 3.05) is 30.4 Å². The van der Waals surface area contributed by atoms with Gasteiger partial charge in [-0.1, -0.05) is 0 Å². The van der Waals surface area contributed by atoms with Crippen LogP contribution in [0.5, 0.6) is 5.75 Å². The Bertz CT molecular complexity index is 1980. The zero-order valence-corrected chi connectivity index (χ0v) is 27.6. The number of benzene rings is 2. The fourth-order valence-corrected chi connectivity index (χ4v) is 7.59. The first-order valence-electron chi connectivity index (χ1n) is 14.4. The van der Waals surface area contributed by atoms with Gasteiger partial charge in [0, 0.05) is 36.8 Å². The quantitative estimate of drug-likeness (QED) is 0.109. The van der Waals surface area contributed by atoms with Crippen molar-refractivity contribution in [1.82, 2.24) is 20.2 Å². The van der Waals surface area contributed by atoms with Gasteiger partial charge < -0.3 is 20.7 Å². The molecule has 0 spiro atoms. The number of carbonyl (C=O) groups is 1. The number of sulfone groups is 1. The number of hydrogen-bond donors (Lipinski definition) is 3. The predicted octanol–water partition coefficient (Wildman–Crippen LogP) is 5.52. The molecule has 1 aliphatic rings. The Kier molecular flexibility index (Phi) is 9.60. The number of aromatic amines is 1. The lowest BCUT2D eigenvalue weighted by atomic mass is 9.96. The lowest BCUT2D eigenvalue weighted by Crippen LogP contribution is -2.39. The number of amides is 1. The summed E-state index contributed by atoms with van der Waals surface area (Å²) in [6.07, 6.45) is 0.923. The summed E-state index contributed by atoms with van der Waals surface area (Å²) in [4.78, 5) is 21.9. The van der Waals surface area contributed by atoms with Crippen molar-refractivity contribution in [3.05, 3.63) is 70.7 Å². The summed E-state index contributed by atoms with van der Waals surface area (Å²) in [6.45, 7) is 4.32. The lowest BCUT2D eigenvalue weighted by molar-refractivity contribution is -0.122. The van der Waals surface area contributed by atoms with Gasteiger partial charge in [-0.2, -0.15) is 5.10 Å². The van der Waals surface area contributed by atoms with Gasteiger partial charge in [-0.15, -0.1) is 0 Å². The molecule has 1 fully saturated rings. The topological polar surface area (TPSA) is 156 Å². The average molecular weight is 712 g/mol. The minimum absolute atomic E-state index is 0.0202. The molecule has 2 aromatic carbocycles. The van der Waals surface area contributed by atoms with Crippen LogP contribution in [0.1, 0.15) is 37.9 Å². The second-order valence-corrected chi connectivity index (χ2v) is 15.0. The molecule has 0 radical (unpaired) electrons. The normalized spacial score (nSPS) is 14.3. The van der Waals surface area contributed by atoms with Gasteiger partial charge in [-0.05, 0) is 63.6 Å². The summed E-state index contributed by atoms with van der Waals surface area (Å²) in [5.74, 6) is -7.93. The number of methoxy groups -OCH3 is 1. The van der Waals surface area contributed by atoms with Crippen LogP contribution in [0.15, 0.2) is 45.3 Å². The highest BCUT2D eigenvalue weighted by Crippen LogP contribution is 2.42. The summed E-state index contributed by atoms with van der Waals surface area (Å²) in [6, 6.07) is 4.42. The van der Waals surface area contributed by atoms with E-state index in [4.69, 9.17) is 10.5 Å². The second kappa shape index (κ2) is 13.2. The SMILES string of the molecule is COc1c(Nc2cc(C)[nH]n2)nc(Sc2ccc(S(=O)(=O)C(C)(C)c3c(F)c(F)cc(F)c3F)cc2F)nc1N1CCC(C(N)=O)CC1. The number of rotatable bonds is 10. The van der Waals surface area contributed by atoms with Gasteiger partial charge in [0.2, 0.25) is 11.7 Å². The molecule has 256 valence electrons. The molecule has 4 aromatic rings. The standard InChI is InChI=1S/C30H30F5N7O4S2/c1-14-11-21(41-40-14)37-27-25(46-4)28(42-9-7-15(8-10-42)26(36)43)39-29(38-27)47-20-6-5-16(12-17(20)31)48(44,45)30(2,3)22-23(34)18(32)13-19(33)24(22)35/h5-6,11-13,15H,7-10H2,1-4H3,(H2,36,43)(H2,37,38,39,40,41). The number of nitrogens with two attached hydrogens (primary N) is 1. The van der Waals surface area contributed by atoms with Crippen molar-refractivity contribution in [3.8, 4) is 5.75 Å². The molecule has 0 saturated carbocycles. The van der Waals surface area contributed by atoms with Crippen LogP contribution in [0.3, 0.4) is 0 Å². The molecule has 0 aliphatic carbocycles. The third-order valence-electron chi connectivity index (χ3n) is 7.98. The van der Waals surface area contributed by atoms with Crippen LogP contribution in [0.4, 0.5) is 39.4 Å². The molecule has 2 aromatic heterocycles.